The lowest BCUT2D eigenvalue weighted by atomic mass is 10.2. The Bertz CT molecular complexity index is 973. The minimum absolute atomic E-state index is 0.301. The highest BCUT2D eigenvalue weighted by Crippen LogP contribution is 2.29. The van der Waals surface area contributed by atoms with Gasteiger partial charge in [0.2, 0.25) is 4.77 Å². The van der Waals surface area contributed by atoms with Crippen molar-refractivity contribution < 1.29 is 0 Å². The van der Waals surface area contributed by atoms with Gasteiger partial charge in [0.05, 0.1) is 21.3 Å². The largest absolute Gasteiger partial charge is 0.250 e. The summed E-state index contributed by atoms with van der Waals surface area (Å²) in [6.07, 6.45) is 1.52. The van der Waals surface area contributed by atoms with Crippen molar-refractivity contribution in [2.45, 2.75) is 0 Å². The second-order valence-electron chi connectivity index (χ2n) is 4.67. The summed E-state index contributed by atoms with van der Waals surface area (Å²) in [4.78, 5) is 0. The number of H-pyrrole nitrogens is 1. The molecule has 0 spiro atoms. The monoisotopic (exact) mass is 416 g/mol. The molecule has 4 nitrogen and oxygen atoms in total. The van der Waals surface area contributed by atoms with E-state index in [1.807, 2.05) is 0 Å². The number of halogens is 4. The molecule has 0 aliphatic rings. The molecule has 0 atom stereocenters. The highest BCUT2D eigenvalue weighted by molar-refractivity contribution is 7.71. The first kappa shape index (κ1) is 17.5. The van der Waals surface area contributed by atoms with E-state index in [-0.39, 0.29) is 0 Å². The van der Waals surface area contributed by atoms with Crippen molar-refractivity contribution in [1.29, 1.82) is 0 Å². The zero-order valence-electron chi connectivity index (χ0n) is 11.8. The van der Waals surface area contributed by atoms with Gasteiger partial charge < -0.3 is 0 Å². The maximum absolute atomic E-state index is 6.23. The Kier molecular flexibility index (Phi) is 5.27. The van der Waals surface area contributed by atoms with Gasteiger partial charge in [-0.1, -0.05) is 52.5 Å². The summed E-state index contributed by atoms with van der Waals surface area (Å²) >= 11 is 29.7. The molecule has 9 heteroatoms. The predicted octanol–water partition coefficient (Wildman–Crippen LogP) is 6.10. The third-order valence-corrected chi connectivity index (χ3v) is 4.60. The molecule has 0 aliphatic heterocycles. The Labute approximate surface area is 162 Å². The number of aromatic amines is 1. The van der Waals surface area contributed by atoms with Crippen molar-refractivity contribution in [3.63, 3.8) is 0 Å². The van der Waals surface area contributed by atoms with Crippen LogP contribution in [0, 0.1) is 4.77 Å². The van der Waals surface area contributed by atoms with Gasteiger partial charge in [-0.3, -0.25) is 0 Å². The van der Waals surface area contributed by atoms with Gasteiger partial charge in [0, 0.05) is 16.1 Å². The smallest absolute Gasteiger partial charge is 0.216 e. The van der Waals surface area contributed by atoms with E-state index in [1.165, 1.54) is 10.9 Å². The Morgan fingerprint density at radius 1 is 1.04 bits per heavy atom. The van der Waals surface area contributed by atoms with Gasteiger partial charge in [-0.25, -0.2) is 5.10 Å². The normalized spacial score (nSPS) is 11.3. The van der Waals surface area contributed by atoms with Crippen LogP contribution in [0.2, 0.25) is 20.1 Å². The molecule has 0 aliphatic carbocycles. The molecule has 0 saturated carbocycles. The van der Waals surface area contributed by atoms with Crippen molar-refractivity contribution in [3.8, 4) is 11.4 Å². The molecule has 3 aromatic rings. The first-order valence-electron chi connectivity index (χ1n) is 6.58. The third kappa shape index (κ3) is 3.50. The second kappa shape index (κ2) is 7.25. The zero-order chi connectivity index (χ0) is 17.3. The minimum Gasteiger partial charge on any atom is -0.250 e. The molecular weight excluding hydrogens is 410 g/mol. The molecule has 122 valence electrons. The number of hydrogen-bond donors (Lipinski definition) is 1. The van der Waals surface area contributed by atoms with Crippen LogP contribution in [0.3, 0.4) is 0 Å². The first-order chi connectivity index (χ1) is 11.5. The van der Waals surface area contributed by atoms with Crippen LogP contribution in [0.15, 0.2) is 41.5 Å². The summed E-state index contributed by atoms with van der Waals surface area (Å²) in [5.74, 6) is 0.445. The summed E-state index contributed by atoms with van der Waals surface area (Å²) in [5, 5.41) is 13.1. The molecule has 0 saturated heterocycles. The van der Waals surface area contributed by atoms with E-state index in [2.05, 4.69) is 15.3 Å². The molecule has 0 unspecified atom stereocenters. The van der Waals surface area contributed by atoms with Crippen molar-refractivity contribution in [2.75, 3.05) is 0 Å². The van der Waals surface area contributed by atoms with Crippen LogP contribution >= 0.6 is 58.6 Å². The second-order valence-corrected chi connectivity index (χ2v) is 6.71. The molecular formula is C15H8Cl4N4S. The van der Waals surface area contributed by atoms with Gasteiger partial charge in [-0.2, -0.15) is 14.9 Å². The highest BCUT2D eigenvalue weighted by Gasteiger charge is 2.12. The number of aromatic nitrogens is 3. The van der Waals surface area contributed by atoms with E-state index in [9.17, 15) is 0 Å². The maximum Gasteiger partial charge on any atom is 0.216 e. The lowest BCUT2D eigenvalue weighted by Crippen LogP contribution is -1.96. The van der Waals surface area contributed by atoms with Crippen molar-refractivity contribution in [3.05, 3.63) is 66.8 Å². The van der Waals surface area contributed by atoms with Crippen molar-refractivity contribution in [1.82, 2.24) is 14.9 Å². The molecule has 1 aromatic heterocycles. The molecule has 1 N–H and O–H groups in total. The van der Waals surface area contributed by atoms with Gasteiger partial charge in [0.1, 0.15) is 0 Å². The number of nitrogens with zero attached hydrogens (tertiary/aromatic N) is 3. The Balaban J connectivity index is 2.09. The van der Waals surface area contributed by atoms with E-state index in [4.69, 9.17) is 58.6 Å². The van der Waals surface area contributed by atoms with Crippen LogP contribution in [-0.4, -0.2) is 21.1 Å². The molecule has 0 radical (unpaired) electrons. The Morgan fingerprint density at radius 3 is 2.42 bits per heavy atom. The van der Waals surface area contributed by atoms with E-state index >= 15 is 0 Å². The van der Waals surface area contributed by atoms with Gasteiger partial charge >= 0.3 is 0 Å². The lowest BCUT2D eigenvalue weighted by Gasteiger charge is -2.05. The van der Waals surface area contributed by atoms with E-state index < -0.39 is 0 Å². The zero-order valence-corrected chi connectivity index (χ0v) is 15.6. The average molecular weight is 418 g/mol. The minimum atomic E-state index is 0.301. The summed E-state index contributed by atoms with van der Waals surface area (Å²) in [6, 6.07) is 10.3. The van der Waals surface area contributed by atoms with Gasteiger partial charge in [0.15, 0.2) is 5.82 Å². The summed E-state index contributed by atoms with van der Waals surface area (Å²) in [6.45, 7) is 0. The predicted molar refractivity (Wildman–Crippen MR) is 102 cm³/mol. The molecule has 24 heavy (non-hydrogen) atoms. The van der Waals surface area contributed by atoms with Crippen LogP contribution in [0.25, 0.3) is 11.4 Å². The van der Waals surface area contributed by atoms with Crippen LogP contribution in [0.4, 0.5) is 0 Å². The molecule has 3 rings (SSSR count). The fourth-order valence-corrected chi connectivity index (χ4v) is 3.16. The van der Waals surface area contributed by atoms with Gasteiger partial charge in [-0.05, 0) is 42.5 Å². The molecule has 1 heterocycles. The van der Waals surface area contributed by atoms with Crippen LogP contribution in [0.1, 0.15) is 5.56 Å². The lowest BCUT2D eigenvalue weighted by molar-refractivity contribution is 0.871. The number of benzene rings is 2. The average Bonchev–Trinajstić information content (AvgIpc) is 2.88. The van der Waals surface area contributed by atoms with Gasteiger partial charge in [0.25, 0.3) is 0 Å². The number of hydrogen-bond acceptors (Lipinski definition) is 3. The first-order valence-corrected chi connectivity index (χ1v) is 8.50. The van der Waals surface area contributed by atoms with Crippen LogP contribution in [-0.2, 0) is 0 Å². The van der Waals surface area contributed by atoms with Crippen LogP contribution < -0.4 is 0 Å². The van der Waals surface area contributed by atoms with Crippen LogP contribution in [0.5, 0.6) is 0 Å². The summed E-state index contributed by atoms with van der Waals surface area (Å²) in [7, 11) is 0. The van der Waals surface area contributed by atoms with Gasteiger partial charge in [-0.15, -0.1) is 0 Å². The highest BCUT2D eigenvalue weighted by atomic mass is 35.5. The quantitative estimate of drug-likeness (QED) is 0.413. The van der Waals surface area contributed by atoms with Crippen molar-refractivity contribution >= 4 is 64.8 Å². The Morgan fingerprint density at radius 2 is 1.75 bits per heavy atom. The molecule has 0 fully saturated rings. The van der Waals surface area contributed by atoms with E-state index in [0.717, 1.165) is 0 Å². The summed E-state index contributed by atoms with van der Waals surface area (Å²) < 4.78 is 1.74. The molecule has 2 aromatic carbocycles. The topological polar surface area (TPSA) is 46.0 Å². The molecule has 0 amide bonds. The SMILES string of the molecule is S=c1[nH]nc(-c2ccc(Cl)cc2Cl)n1N=Cc1c(Cl)cccc1Cl. The van der Waals surface area contributed by atoms with E-state index in [0.29, 0.717) is 41.8 Å². The maximum atomic E-state index is 6.23. The van der Waals surface area contributed by atoms with E-state index in [1.54, 1.807) is 36.4 Å². The number of nitrogens with one attached hydrogen (secondary N) is 1. The Hall–Kier alpha value is -1.37. The summed E-state index contributed by atoms with van der Waals surface area (Å²) in [5.41, 5.74) is 1.22. The number of rotatable bonds is 3. The fraction of sp³-hybridized carbons (Fsp3) is 0. The van der Waals surface area contributed by atoms with Crippen molar-refractivity contribution in [2.24, 2.45) is 5.10 Å². The third-order valence-electron chi connectivity index (χ3n) is 3.12. The standard InChI is InChI=1S/C15H8Cl4N4S/c16-8-4-5-9(13(19)6-8)14-21-22-15(24)23(14)20-7-10-11(17)2-1-3-12(10)18/h1-7H,(H,22,24). The molecule has 0 bridgehead atoms. The fourth-order valence-electron chi connectivity index (χ4n) is 1.99.